The molecule has 72 valence electrons. The summed E-state index contributed by atoms with van der Waals surface area (Å²) in [5.74, 6) is -1.93. The monoisotopic (exact) mass is 213 g/mol. The Hall–Kier alpha value is -1.55. The van der Waals surface area contributed by atoms with Crippen LogP contribution in [0.25, 0.3) is 10.9 Å². The first-order valence-corrected chi connectivity index (χ1v) is 4.18. The maximum absolute atomic E-state index is 13.4. The molecule has 1 heterocycles. The third-order valence-electron chi connectivity index (χ3n) is 1.90. The molecule has 0 aliphatic carbocycles. The van der Waals surface area contributed by atoms with Crippen LogP contribution in [0.3, 0.4) is 0 Å². The van der Waals surface area contributed by atoms with Crippen molar-refractivity contribution in [3.63, 3.8) is 0 Å². The number of aromatic hydroxyl groups is 1. The molecule has 0 bridgehead atoms. The van der Waals surface area contributed by atoms with E-state index in [4.69, 9.17) is 16.7 Å². The van der Waals surface area contributed by atoms with Crippen LogP contribution >= 0.6 is 11.6 Å². The third kappa shape index (κ3) is 1.15. The fourth-order valence-electron chi connectivity index (χ4n) is 1.25. The molecule has 0 fully saturated rings. The highest BCUT2D eigenvalue weighted by molar-refractivity contribution is 6.35. The van der Waals surface area contributed by atoms with Crippen molar-refractivity contribution >= 4 is 22.5 Å². The minimum absolute atomic E-state index is 0.0197. The Balaban J connectivity index is 3.07. The molecule has 3 nitrogen and oxygen atoms in total. The van der Waals surface area contributed by atoms with Crippen LogP contribution in [-0.2, 0) is 0 Å². The summed E-state index contributed by atoms with van der Waals surface area (Å²) in [5.41, 5.74) is -0.602. The van der Waals surface area contributed by atoms with Crippen LogP contribution in [0, 0.1) is 5.82 Å². The van der Waals surface area contributed by atoms with Gasteiger partial charge in [-0.3, -0.25) is 4.79 Å². The minimum atomic E-state index is -0.991. The van der Waals surface area contributed by atoms with Crippen molar-refractivity contribution in [2.75, 3.05) is 0 Å². The second-order valence-electron chi connectivity index (χ2n) is 2.78. The summed E-state index contributed by atoms with van der Waals surface area (Å²) in [6.07, 6.45) is 0. The Morgan fingerprint density at radius 3 is 2.86 bits per heavy atom. The van der Waals surface area contributed by atoms with E-state index in [9.17, 15) is 9.18 Å². The lowest BCUT2D eigenvalue weighted by atomic mass is 10.2. The van der Waals surface area contributed by atoms with Crippen LogP contribution in [-0.4, -0.2) is 10.1 Å². The van der Waals surface area contributed by atoms with Gasteiger partial charge in [0.1, 0.15) is 0 Å². The number of aromatic nitrogens is 1. The van der Waals surface area contributed by atoms with Gasteiger partial charge in [-0.1, -0.05) is 17.7 Å². The highest BCUT2D eigenvalue weighted by atomic mass is 35.5. The number of H-pyrrole nitrogens is 1. The molecule has 0 spiro atoms. The first-order chi connectivity index (χ1) is 6.61. The highest BCUT2D eigenvalue weighted by Crippen LogP contribution is 2.26. The standard InChI is InChI=1S/C9H5ClFNO2/c10-4-2-1-3-5-6(4)7(11)8(13)9(14)12-5/h1-3,13H,(H,12,14). The minimum Gasteiger partial charge on any atom is -0.501 e. The Kier molecular flexibility index (Phi) is 1.93. The van der Waals surface area contributed by atoms with E-state index < -0.39 is 17.1 Å². The normalized spacial score (nSPS) is 10.7. The summed E-state index contributed by atoms with van der Waals surface area (Å²) in [7, 11) is 0. The summed E-state index contributed by atoms with van der Waals surface area (Å²) in [6, 6.07) is 4.56. The zero-order chi connectivity index (χ0) is 10.3. The summed E-state index contributed by atoms with van der Waals surface area (Å²) < 4.78 is 13.4. The van der Waals surface area contributed by atoms with Crippen molar-refractivity contribution in [1.82, 2.24) is 4.98 Å². The van der Waals surface area contributed by atoms with E-state index in [-0.39, 0.29) is 15.9 Å². The molecule has 5 heteroatoms. The average molecular weight is 214 g/mol. The van der Waals surface area contributed by atoms with Crippen molar-refractivity contribution in [2.45, 2.75) is 0 Å². The van der Waals surface area contributed by atoms with Gasteiger partial charge in [0, 0.05) is 0 Å². The molecule has 1 aromatic carbocycles. The summed E-state index contributed by atoms with van der Waals surface area (Å²) in [4.78, 5) is 13.3. The van der Waals surface area contributed by atoms with E-state index in [1.54, 1.807) is 6.07 Å². The molecule has 1 aromatic heterocycles. The van der Waals surface area contributed by atoms with E-state index in [1.807, 2.05) is 0 Å². The first kappa shape index (κ1) is 9.02. The number of nitrogens with one attached hydrogen (secondary N) is 1. The number of aromatic amines is 1. The molecule has 0 saturated heterocycles. The molecule has 0 unspecified atom stereocenters. The Morgan fingerprint density at radius 2 is 2.14 bits per heavy atom. The fourth-order valence-corrected chi connectivity index (χ4v) is 1.51. The lowest BCUT2D eigenvalue weighted by molar-refractivity contribution is 0.428. The second kappa shape index (κ2) is 2.99. The van der Waals surface area contributed by atoms with Crippen molar-refractivity contribution in [3.8, 4) is 5.75 Å². The summed E-state index contributed by atoms with van der Waals surface area (Å²) in [6.45, 7) is 0. The molecule has 0 aliphatic heterocycles. The molecule has 2 aromatic rings. The molecule has 0 saturated carbocycles. The van der Waals surface area contributed by atoms with Crippen molar-refractivity contribution in [1.29, 1.82) is 0 Å². The molecule has 0 aliphatic rings. The summed E-state index contributed by atoms with van der Waals surface area (Å²) >= 11 is 5.71. The van der Waals surface area contributed by atoms with Gasteiger partial charge in [-0.2, -0.15) is 0 Å². The Morgan fingerprint density at radius 1 is 1.43 bits per heavy atom. The maximum Gasteiger partial charge on any atom is 0.293 e. The van der Waals surface area contributed by atoms with Crippen molar-refractivity contribution < 1.29 is 9.50 Å². The number of benzene rings is 1. The number of halogens is 2. The Labute approximate surface area is 82.8 Å². The molecular formula is C9H5ClFNO2. The predicted octanol–water partition coefficient (Wildman–Crippen LogP) is 2.03. The van der Waals surface area contributed by atoms with Gasteiger partial charge in [0.2, 0.25) is 5.75 Å². The molecule has 14 heavy (non-hydrogen) atoms. The van der Waals surface area contributed by atoms with Gasteiger partial charge in [0.25, 0.3) is 5.56 Å². The lowest BCUT2D eigenvalue weighted by Crippen LogP contribution is -2.07. The second-order valence-corrected chi connectivity index (χ2v) is 3.19. The van der Waals surface area contributed by atoms with Crippen LogP contribution in [0.1, 0.15) is 0 Å². The largest absolute Gasteiger partial charge is 0.501 e. The SMILES string of the molecule is O=c1[nH]c2cccc(Cl)c2c(F)c1O. The predicted molar refractivity (Wildman–Crippen MR) is 51.2 cm³/mol. The van der Waals surface area contributed by atoms with Gasteiger partial charge < -0.3 is 10.1 Å². The lowest BCUT2D eigenvalue weighted by Gasteiger charge is -2.02. The highest BCUT2D eigenvalue weighted by Gasteiger charge is 2.13. The molecule has 0 atom stereocenters. The molecular weight excluding hydrogens is 209 g/mol. The average Bonchev–Trinajstić information content (AvgIpc) is 2.14. The van der Waals surface area contributed by atoms with Crippen LogP contribution < -0.4 is 5.56 Å². The molecule has 0 radical (unpaired) electrons. The van der Waals surface area contributed by atoms with E-state index in [2.05, 4.69) is 4.98 Å². The first-order valence-electron chi connectivity index (χ1n) is 3.80. The van der Waals surface area contributed by atoms with Crippen LogP contribution in [0.2, 0.25) is 5.02 Å². The van der Waals surface area contributed by atoms with Crippen molar-refractivity contribution in [3.05, 3.63) is 39.4 Å². The van der Waals surface area contributed by atoms with Crippen LogP contribution in [0.15, 0.2) is 23.0 Å². The van der Waals surface area contributed by atoms with E-state index in [1.165, 1.54) is 12.1 Å². The quantitative estimate of drug-likeness (QED) is 0.704. The smallest absolute Gasteiger partial charge is 0.293 e. The number of hydrogen-bond acceptors (Lipinski definition) is 2. The number of pyridine rings is 1. The van der Waals surface area contributed by atoms with E-state index >= 15 is 0 Å². The van der Waals surface area contributed by atoms with Gasteiger partial charge >= 0.3 is 0 Å². The topological polar surface area (TPSA) is 53.1 Å². The van der Waals surface area contributed by atoms with Gasteiger partial charge in [0.15, 0.2) is 5.82 Å². The van der Waals surface area contributed by atoms with Gasteiger partial charge in [-0.15, -0.1) is 0 Å². The maximum atomic E-state index is 13.4. The number of fused-ring (bicyclic) bond motifs is 1. The van der Waals surface area contributed by atoms with E-state index in [0.29, 0.717) is 0 Å². The molecule has 0 amide bonds. The zero-order valence-electron chi connectivity index (χ0n) is 6.84. The molecule has 2 rings (SSSR count). The number of hydrogen-bond donors (Lipinski definition) is 2. The van der Waals surface area contributed by atoms with E-state index in [0.717, 1.165) is 0 Å². The van der Waals surface area contributed by atoms with Crippen LogP contribution in [0.4, 0.5) is 4.39 Å². The third-order valence-corrected chi connectivity index (χ3v) is 2.22. The van der Waals surface area contributed by atoms with Gasteiger partial charge in [0.05, 0.1) is 15.9 Å². The number of rotatable bonds is 0. The summed E-state index contributed by atoms with van der Waals surface area (Å²) in [5, 5.41) is 9.22. The van der Waals surface area contributed by atoms with Gasteiger partial charge in [-0.25, -0.2) is 4.39 Å². The van der Waals surface area contributed by atoms with Gasteiger partial charge in [-0.05, 0) is 12.1 Å². The fraction of sp³-hybridized carbons (Fsp3) is 0. The van der Waals surface area contributed by atoms with Crippen molar-refractivity contribution in [2.24, 2.45) is 0 Å². The molecule has 2 N–H and O–H groups in total. The zero-order valence-corrected chi connectivity index (χ0v) is 7.60. The van der Waals surface area contributed by atoms with Crippen LogP contribution in [0.5, 0.6) is 5.75 Å². The Bertz CT molecular complexity index is 564.